The number of pyridine rings is 1. The number of thiophene rings is 1. The van der Waals surface area contributed by atoms with E-state index in [9.17, 15) is 4.79 Å². The summed E-state index contributed by atoms with van der Waals surface area (Å²) in [6.45, 7) is 1.71. The van der Waals surface area contributed by atoms with Crippen molar-refractivity contribution >= 4 is 17.2 Å². The van der Waals surface area contributed by atoms with E-state index < -0.39 is 0 Å². The zero-order valence-corrected chi connectivity index (χ0v) is 17.7. The fourth-order valence-electron chi connectivity index (χ4n) is 3.74. The summed E-state index contributed by atoms with van der Waals surface area (Å²) in [6, 6.07) is 19.6. The van der Waals surface area contributed by atoms with Crippen molar-refractivity contribution in [3.8, 4) is 16.3 Å². The normalized spacial score (nSPS) is 16.0. The summed E-state index contributed by atoms with van der Waals surface area (Å²) in [6.07, 6.45) is 4.44. The van der Waals surface area contributed by atoms with Crippen molar-refractivity contribution in [2.24, 2.45) is 0 Å². The highest BCUT2D eigenvalue weighted by atomic mass is 32.1. The van der Waals surface area contributed by atoms with Crippen molar-refractivity contribution in [1.29, 1.82) is 0 Å². The standard InChI is InChI=1S/C24H22N4O2S/c29-24(27-13-11-20(15-27)30-17-18-7-4-5-12-25-18)21-16-28(19-8-2-1-3-9-19)26-23(21)22-10-6-14-31-22/h1-10,12,14,16,20H,11,13,15,17H2/t20-/m1/s1. The van der Waals surface area contributed by atoms with Gasteiger partial charge in [0.05, 0.1) is 34.5 Å². The number of benzene rings is 1. The summed E-state index contributed by atoms with van der Waals surface area (Å²) in [4.78, 5) is 20.6. The average Bonchev–Trinajstić information content (AvgIpc) is 3.59. The topological polar surface area (TPSA) is 60.2 Å². The molecule has 1 fully saturated rings. The Morgan fingerprint density at radius 2 is 1.97 bits per heavy atom. The number of rotatable bonds is 6. The van der Waals surface area contributed by atoms with Gasteiger partial charge in [-0.1, -0.05) is 30.3 Å². The molecule has 0 radical (unpaired) electrons. The number of nitrogens with zero attached hydrogens (tertiary/aromatic N) is 4. The van der Waals surface area contributed by atoms with Gasteiger partial charge in [0.1, 0.15) is 5.69 Å². The molecule has 1 atom stereocenters. The Kier molecular flexibility index (Phi) is 5.60. The maximum absolute atomic E-state index is 13.4. The molecule has 3 aromatic heterocycles. The summed E-state index contributed by atoms with van der Waals surface area (Å²) in [7, 11) is 0. The van der Waals surface area contributed by atoms with E-state index in [1.807, 2.05) is 77.1 Å². The first-order valence-corrected chi connectivity index (χ1v) is 11.2. The first-order valence-electron chi connectivity index (χ1n) is 10.3. The van der Waals surface area contributed by atoms with Crippen molar-refractivity contribution in [3.05, 3.63) is 89.7 Å². The van der Waals surface area contributed by atoms with Crippen molar-refractivity contribution in [2.75, 3.05) is 13.1 Å². The van der Waals surface area contributed by atoms with Crippen molar-refractivity contribution in [1.82, 2.24) is 19.7 Å². The van der Waals surface area contributed by atoms with Crippen molar-refractivity contribution in [2.45, 2.75) is 19.1 Å². The Morgan fingerprint density at radius 3 is 2.74 bits per heavy atom. The van der Waals surface area contributed by atoms with Crippen LogP contribution in [0.25, 0.3) is 16.3 Å². The van der Waals surface area contributed by atoms with Crippen LogP contribution in [0.2, 0.25) is 0 Å². The van der Waals surface area contributed by atoms with E-state index in [2.05, 4.69) is 4.98 Å². The van der Waals surface area contributed by atoms with Crippen LogP contribution in [-0.4, -0.2) is 44.8 Å². The minimum atomic E-state index is -0.00508. The van der Waals surface area contributed by atoms with E-state index in [1.165, 1.54) is 0 Å². The number of likely N-dealkylation sites (tertiary alicyclic amines) is 1. The van der Waals surface area contributed by atoms with Crippen molar-refractivity contribution < 1.29 is 9.53 Å². The minimum Gasteiger partial charge on any atom is -0.370 e. The number of amides is 1. The highest BCUT2D eigenvalue weighted by Crippen LogP contribution is 2.29. The molecule has 7 heteroatoms. The van der Waals surface area contributed by atoms with E-state index in [0.29, 0.717) is 25.3 Å². The Bertz CT molecular complexity index is 1140. The molecule has 4 heterocycles. The Balaban J connectivity index is 1.34. The SMILES string of the molecule is O=C(c1cn(-c2ccccc2)nc1-c1cccs1)N1CC[C@@H](OCc2ccccn2)C1. The predicted molar refractivity (Wildman–Crippen MR) is 120 cm³/mol. The van der Waals surface area contributed by atoms with Gasteiger partial charge in [-0.2, -0.15) is 5.10 Å². The zero-order chi connectivity index (χ0) is 21.0. The molecule has 1 aromatic carbocycles. The number of hydrogen-bond acceptors (Lipinski definition) is 5. The molecule has 4 aromatic rings. The zero-order valence-electron chi connectivity index (χ0n) is 16.9. The number of aromatic nitrogens is 3. The third-order valence-electron chi connectivity index (χ3n) is 5.35. The van der Waals surface area contributed by atoms with Gasteiger partial charge in [-0.05, 0) is 42.1 Å². The van der Waals surface area contributed by atoms with Gasteiger partial charge in [0, 0.05) is 25.5 Å². The van der Waals surface area contributed by atoms with E-state index in [0.717, 1.165) is 28.4 Å². The molecule has 0 spiro atoms. The second-order valence-electron chi connectivity index (χ2n) is 7.44. The van der Waals surface area contributed by atoms with Crippen LogP contribution >= 0.6 is 11.3 Å². The molecule has 0 N–H and O–H groups in total. The van der Waals surface area contributed by atoms with Gasteiger partial charge in [-0.25, -0.2) is 4.68 Å². The van der Waals surface area contributed by atoms with Crippen LogP contribution in [0.5, 0.6) is 0 Å². The molecule has 0 saturated carbocycles. The first-order chi connectivity index (χ1) is 15.3. The molecule has 5 rings (SSSR count). The lowest BCUT2D eigenvalue weighted by Gasteiger charge is -2.16. The van der Waals surface area contributed by atoms with E-state index in [-0.39, 0.29) is 12.0 Å². The highest BCUT2D eigenvalue weighted by molar-refractivity contribution is 7.13. The molecule has 0 unspecified atom stereocenters. The Hall–Kier alpha value is -3.29. The minimum absolute atomic E-state index is 0.00508. The predicted octanol–water partition coefficient (Wildman–Crippen LogP) is 4.43. The van der Waals surface area contributed by atoms with Crippen LogP contribution in [0.3, 0.4) is 0 Å². The van der Waals surface area contributed by atoms with Gasteiger partial charge < -0.3 is 9.64 Å². The lowest BCUT2D eigenvalue weighted by Crippen LogP contribution is -2.30. The smallest absolute Gasteiger partial charge is 0.257 e. The third-order valence-corrected chi connectivity index (χ3v) is 6.22. The molecular formula is C24H22N4O2S. The molecule has 1 aliphatic rings. The molecule has 156 valence electrons. The number of carbonyl (C=O) groups excluding carboxylic acids is 1. The molecule has 0 aliphatic carbocycles. The van der Waals surface area contributed by atoms with Crippen molar-refractivity contribution in [3.63, 3.8) is 0 Å². The fraction of sp³-hybridized carbons (Fsp3) is 0.208. The van der Waals surface area contributed by atoms with Gasteiger partial charge in [0.25, 0.3) is 5.91 Å². The maximum Gasteiger partial charge on any atom is 0.257 e. The van der Waals surface area contributed by atoms with Gasteiger partial charge >= 0.3 is 0 Å². The van der Waals surface area contributed by atoms with E-state index in [4.69, 9.17) is 9.84 Å². The molecule has 1 amide bonds. The van der Waals surface area contributed by atoms with Crippen LogP contribution in [0, 0.1) is 0 Å². The molecular weight excluding hydrogens is 408 g/mol. The monoisotopic (exact) mass is 430 g/mol. The number of ether oxygens (including phenoxy) is 1. The lowest BCUT2D eigenvalue weighted by molar-refractivity contribution is 0.0422. The summed E-state index contributed by atoms with van der Waals surface area (Å²) in [5.41, 5.74) is 3.17. The fourth-order valence-corrected chi connectivity index (χ4v) is 4.47. The summed E-state index contributed by atoms with van der Waals surface area (Å²) >= 11 is 1.59. The number of carbonyl (C=O) groups is 1. The van der Waals surface area contributed by atoms with Crippen LogP contribution in [0.1, 0.15) is 22.5 Å². The van der Waals surface area contributed by atoms with Gasteiger partial charge in [-0.3, -0.25) is 9.78 Å². The summed E-state index contributed by atoms with van der Waals surface area (Å²) < 4.78 is 7.79. The molecule has 31 heavy (non-hydrogen) atoms. The quantitative estimate of drug-likeness (QED) is 0.454. The molecule has 6 nitrogen and oxygen atoms in total. The summed E-state index contributed by atoms with van der Waals surface area (Å²) in [5, 5.41) is 6.75. The second-order valence-corrected chi connectivity index (χ2v) is 8.39. The highest BCUT2D eigenvalue weighted by Gasteiger charge is 2.30. The van der Waals surface area contributed by atoms with Crippen LogP contribution in [0.15, 0.2) is 78.4 Å². The number of para-hydroxylation sites is 1. The lowest BCUT2D eigenvalue weighted by atomic mass is 10.2. The Morgan fingerprint density at radius 1 is 1.10 bits per heavy atom. The second kappa shape index (κ2) is 8.83. The largest absolute Gasteiger partial charge is 0.370 e. The van der Waals surface area contributed by atoms with Gasteiger partial charge in [-0.15, -0.1) is 11.3 Å². The number of hydrogen-bond donors (Lipinski definition) is 0. The summed E-state index contributed by atoms with van der Waals surface area (Å²) in [5.74, 6) is -0.00508. The molecule has 1 aliphatic heterocycles. The van der Waals surface area contributed by atoms with E-state index in [1.54, 1.807) is 22.2 Å². The molecule has 0 bridgehead atoms. The first kappa shape index (κ1) is 19.7. The van der Waals surface area contributed by atoms with Crippen LogP contribution in [-0.2, 0) is 11.3 Å². The molecule has 1 saturated heterocycles. The Labute approximate surface area is 184 Å². The van der Waals surface area contributed by atoms with Crippen LogP contribution < -0.4 is 0 Å². The average molecular weight is 431 g/mol. The maximum atomic E-state index is 13.4. The third kappa shape index (κ3) is 4.28. The van der Waals surface area contributed by atoms with Gasteiger partial charge in [0.15, 0.2) is 0 Å². The van der Waals surface area contributed by atoms with Gasteiger partial charge in [0.2, 0.25) is 0 Å². The van der Waals surface area contributed by atoms with Crippen LogP contribution in [0.4, 0.5) is 0 Å². The van der Waals surface area contributed by atoms with E-state index >= 15 is 0 Å².